The first-order chi connectivity index (χ1) is 11.3. The molecule has 2 atom stereocenters. The predicted octanol–water partition coefficient (Wildman–Crippen LogP) is 3.36. The molecule has 1 aromatic carbocycles. The van der Waals surface area contributed by atoms with Gasteiger partial charge in [0.1, 0.15) is 28.9 Å². The van der Waals surface area contributed by atoms with Gasteiger partial charge in [-0.15, -0.1) is 0 Å². The number of ether oxygens (including phenoxy) is 1. The summed E-state index contributed by atoms with van der Waals surface area (Å²) >= 11 is 0. The highest BCUT2D eigenvalue weighted by Crippen LogP contribution is 2.27. The molecule has 0 radical (unpaired) electrons. The van der Waals surface area contributed by atoms with Crippen LogP contribution < -0.4 is 10.1 Å². The lowest BCUT2D eigenvalue weighted by Crippen LogP contribution is -2.36. The quantitative estimate of drug-likeness (QED) is 0.815. The van der Waals surface area contributed by atoms with Crippen LogP contribution in [0.4, 0.5) is 0 Å². The van der Waals surface area contributed by atoms with Crippen LogP contribution in [0.15, 0.2) is 34.7 Å². The van der Waals surface area contributed by atoms with E-state index in [9.17, 15) is 5.11 Å². The summed E-state index contributed by atoms with van der Waals surface area (Å²) in [6.07, 6.45) is 0. The van der Waals surface area contributed by atoms with Crippen molar-refractivity contribution >= 4 is 0 Å². The van der Waals surface area contributed by atoms with Crippen LogP contribution in [-0.2, 0) is 5.60 Å². The standard InChI is InChI=1S/C19H24N2O3/c1-13-11-18(15(3)24-13)19(4,22)12-21-14(2)16-5-7-17(8-6-16)23-10-9-20/h5-8,11,14,21-22H,10,12H2,1-4H3. The lowest BCUT2D eigenvalue weighted by atomic mass is 9.95. The highest BCUT2D eigenvalue weighted by molar-refractivity contribution is 5.30. The van der Waals surface area contributed by atoms with E-state index in [2.05, 4.69) is 5.32 Å². The second-order valence-corrected chi connectivity index (χ2v) is 6.22. The summed E-state index contributed by atoms with van der Waals surface area (Å²) < 4.78 is 10.8. The summed E-state index contributed by atoms with van der Waals surface area (Å²) in [6, 6.07) is 11.5. The molecule has 0 amide bonds. The Kier molecular flexibility index (Phi) is 5.66. The van der Waals surface area contributed by atoms with Crippen molar-refractivity contribution in [2.24, 2.45) is 0 Å². The Morgan fingerprint density at radius 2 is 2.00 bits per heavy atom. The van der Waals surface area contributed by atoms with E-state index >= 15 is 0 Å². The molecule has 5 nitrogen and oxygen atoms in total. The fraction of sp³-hybridized carbons (Fsp3) is 0.421. The van der Waals surface area contributed by atoms with E-state index in [-0.39, 0.29) is 12.6 Å². The summed E-state index contributed by atoms with van der Waals surface area (Å²) in [4.78, 5) is 0. The minimum absolute atomic E-state index is 0.0412. The summed E-state index contributed by atoms with van der Waals surface area (Å²) in [5, 5.41) is 22.6. The van der Waals surface area contributed by atoms with E-state index < -0.39 is 5.60 Å². The molecule has 0 aliphatic rings. The average molecular weight is 328 g/mol. The monoisotopic (exact) mass is 328 g/mol. The van der Waals surface area contributed by atoms with Crippen LogP contribution in [0.5, 0.6) is 5.75 Å². The number of hydrogen-bond donors (Lipinski definition) is 2. The van der Waals surface area contributed by atoms with Gasteiger partial charge in [-0.1, -0.05) is 12.1 Å². The minimum Gasteiger partial charge on any atom is -0.479 e. The second-order valence-electron chi connectivity index (χ2n) is 6.22. The highest BCUT2D eigenvalue weighted by atomic mass is 16.5. The van der Waals surface area contributed by atoms with E-state index in [1.54, 1.807) is 6.92 Å². The van der Waals surface area contributed by atoms with Gasteiger partial charge < -0.3 is 19.6 Å². The van der Waals surface area contributed by atoms with Crippen LogP contribution in [0.25, 0.3) is 0 Å². The zero-order chi connectivity index (χ0) is 17.7. The normalized spacial score (nSPS) is 14.7. The molecular formula is C19H24N2O3. The molecule has 1 aromatic heterocycles. The van der Waals surface area contributed by atoms with Crippen molar-refractivity contribution in [3.05, 3.63) is 53.0 Å². The lowest BCUT2D eigenvalue weighted by molar-refractivity contribution is 0.0529. The molecule has 2 N–H and O–H groups in total. The fourth-order valence-electron chi connectivity index (χ4n) is 2.70. The molecular weight excluding hydrogens is 304 g/mol. The fourth-order valence-corrected chi connectivity index (χ4v) is 2.70. The molecule has 0 fully saturated rings. The van der Waals surface area contributed by atoms with Crippen molar-refractivity contribution in [2.75, 3.05) is 13.2 Å². The molecule has 0 saturated carbocycles. The summed E-state index contributed by atoms with van der Waals surface area (Å²) in [5.41, 5.74) is 0.876. The molecule has 0 bridgehead atoms. The Bertz CT molecular complexity index is 711. The minimum atomic E-state index is -1.01. The maximum atomic E-state index is 10.7. The van der Waals surface area contributed by atoms with E-state index in [1.165, 1.54) is 0 Å². The molecule has 24 heavy (non-hydrogen) atoms. The number of nitrogens with one attached hydrogen (secondary N) is 1. The Balaban J connectivity index is 1.98. The van der Waals surface area contributed by atoms with Gasteiger partial charge in [0.2, 0.25) is 0 Å². The third-order valence-corrected chi connectivity index (χ3v) is 4.06. The first kappa shape index (κ1) is 18.1. The molecule has 2 unspecified atom stereocenters. The topological polar surface area (TPSA) is 78.4 Å². The van der Waals surface area contributed by atoms with Gasteiger partial charge in [-0.2, -0.15) is 5.26 Å². The zero-order valence-electron chi connectivity index (χ0n) is 14.6. The Morgan fingerprint density at radius 3 is 2.54 bits per heavy atom. The highest BCUT2D eigenvalue weighted by Gasteiger charge is 2.28. The third-order valence-electron chi connectivity index (χ3n) is 4.06. The number of nitrogens with zero attached hydrogens (tertiary/aromatic N) is 1. The van der Waals surface area contributed by atoms with Crippen molar-refractivity contribution in [1.29, 1.82) is 5.26 Å². The number of furan rings is 1. The average Bonchev–Trinajstić information content (AvgIpc) is 2.90. The van der Waals surface area contributed by atoms with E-state index in [0.717, 1.165) is 22.6 Å². The van der Waals surface area contributed by atoms with Crippen LogP contribution in [0.2, 0.25) is 0 Å². The van der Waals surface area contributed by atoms with Crippen LogP contribution in [0.1, 0.15) is 42.5 Å². The molecule has 1 heterocycles. The van der Waals surface area contributed by atoms with Crippen LogP contribution in [0, 0.1) is 25.2 Å². The number of hydrogen-bond acceptors (Lipinski definition) is 5. The number of benzene rings is 1. The number of aryl methyl sites for hydroxylation is 2. The van der Waals surface area contributed by atoms with Gasteiger partial charge in [-0.05, 0) is 51.5 Å². The van der Waals surface area contributed by atoms with Gasteiger partial charge in [0.05, 0.1) is 0 Å². The smallest absolute Gasteiger partial charge is 0.174 e. The maximum absolute atomic E-state index is 10.7. The van der Waals surface area contributed by atoms with Gasteiger partial charge >= 0.3 is 0 Å². The SMILES string of the molecule is Cc1cc(C(C)(O)CNC(C)c2ccc(OCC#N)cc2)c(C)o1. The van der Waals surface area contributed by atoms with Crippen molar-refractivity contribution < 1.29 is 14.3 Å². The second kappa shape index (κ2) is 7.52. The van der Waals surface area contributed by atoms with Gasteiger partial charge in [-0.25, -0.2) is 0 Å². The van der Waals surface area contributed by atoms with Gasteiger partial charge in [0, 0.05) is 18.2 Å². The Morgan fingerprint density at radius 1 is 1.33 bits per heavy atom. The molecule has 2 aromatic rings. The number of aliphatic hydroxyl groups is 1. The van der Waals surface area contributed by atoms with Gasteiger partial charge in [0.25, 0.3) is 0 Å². The van der Waals surface area contributed by atoms with Gasteiger partial charge in [-0.3, -0.25) is 0 Å². The van der Waals surface area contributed by atoms with E-state index in [4.69, 9.17) is 14.4 Å². The maximum Gasteiger partial charge on any atom is 0.174 e. The largest absolute Gasteiger partial charge is 0.479 e. The first-order valence-electron chi connectivity index (χ1n) is 7.96. The number of rotatable bonds is 7. The van der Waals surface area contributed by atoms with Gasteiger partial charge in [0.15, 0.2) is 6.61 Å². The molecule has 0 saturated heterocycles. The van der Waals surface area contributed by atoms with Crippen molar-refractivity contribution in [3.8, 4) is 11.8 Å². The van der Waals surface area contributed by atoms with Crippen molar-refractivity contribution in [1.82, 2.24) is 5.32 Å². The number of nitriles is 1. The molecule has 128 valence electrons. The Hall–Kier alpha value is -2.29. The predicted molar refractivity (Wildman–Crippen MR) is 91.7 cm³/mol. The summed E-state index contributed by atoms with van der Waals surface area (Å²) in [7, 11) is 0. The van der Waals surface area contributed by atoms with Crippen molar-refractivity contribution in [2.45, 2.75) is 39.3 Å². The summed E-state index contributed by atoms with van der Waals surface area (Å²) in [5.74, 6) is 2.21. The van der Waals surface area contributed by atoms with Crippen LogP contribution >= 0.6 is 0 Å². The first-order valence-corrected chi connectivity index (χ1v) is 7.96. The molecule has 2 rings (SSSR count). The van der Waals surface area contributed by atoms with E-state index in [0.29, 0.717) is 12.3 Å². The van der Waals surface area contributed by atoms with Crippen molar-refractivity contribution in [3.63, 3.8) is 0 Å². The molecule has 0 aliphatic heterocycles. The lowest BCUT2D eigenvalue weighted by Gasteiger charge is -2.26. The molecule has 0 aliphatic carbocycles. The van der Waals surface area contributed by atoms with E-state index in [1.807, 2.05) is 57.2 Å². The zero-order valence-corrected chi connectivity index (χ0v) is 14.6. The Labute approximate surface area is 142 Å². The summed E-state index contributed by atoms with van der Waals surface area (Å²) in [6.45, 7) is 8.00. The van der Waals surface area contributed by atoms with Crippen LogP contribution in [0.3, 0.4) is 0 Å². The molecule has 5 heteroatoms. The molecule has 0 spiro atoms. The third kappa shape index (κ3) is 4.38. The van der Waals surface area contributed by atoms with Crippen LogP contribution in [-0.4, -0.2) is 18.3 Å².